The number of halogens is 7. The van der Waals surface area contributed by atoms with E-state index in [9.17, 15) is 10.1 Å². The van der Waals surface area contributed by atoms with E-state index in [0.29, 0.717) is -0.565 Å². The van der Waals surface area contributed by atoms with E-state index in [1.807, 2.05) is 35.2 Å². The minimum absolute atomic E-state index is 0. The summed E-state index contributed by atoms with van der Waals surface area (Å²) in [5.41, 5.74) is 9.03. The summed E-state index contributed by atoms with van der Waals surface area (Å²) in [6.45, 7) is 10.7. The van der Waals surface area contributed by atoms with Gasteiger partial charge in [-0.15, -0.1) is 0 Å². The minimum atomic E-state index is -0.405. The second-order valence-corrected chi connectivity index (χ2v) is 31.4. The summed E-state index contributed by atoms with van der Waals surface area (Å²) in [7, 11) is 0. The van der Waals surface area contributed by atoms with Gasteiger partial charge in [-0.2, -0.15) is 31.3 Å². The van der Waals surface area contributed by atoms with Crippen LogP contribution in [-0.2, 0) is 29.6 Å². The van der Waals surface area contributed by atoms with Crippen LogP contribution in [0.2, 0.25) is 0 Å². The van der Waals surface area contributed by atoms with Gasteiger partial charge in [0.25, 0.3) is 5.69 Å². The Bertz CT molecular complexity index is 874. The number of nitrogen functional groups attached to an aromatic ring is 1. The monoisotopic (exact) mass is 1450 g/mol. The van der Waals surface area contributed by atoms with Crippen molar-refractivity contribution < 1.29 is 23.5 Å². The molecule has 0 heterocycles. The average Bonchev–Trinajstić information content (AvgIpc) is 2.96. The fraction of sp³-hybridized carbons (Fsp3) is 0.594. The molecule has 0 saturated carbocycles. The van der Waals surface area contributed by atoms with Crippen molar-refractivity contribution in [1.29, 1.82) is 0 Å². The molecule has 2 N–H and O–H groups in total. The van der Waals surface area contributed by atoms with Gasteiger partial charge in [0.2, 0.25) is 0 Å². The van der Waals surface area contributed by atoms with Gasteiger partial charge in [-0.3, -0.25) is 14.5 Å². The maximum atomic E-state index is 10.2. The number of hydrogen-bond donors (Lipinski definition) is 2. The molecule has 2 aromatic carbocycles. The average molecular weight is 1450 g/mol. The van der Waals surface area contributed by atoms with E-state index >= 15 is 0 Å². The first kappa shape index (κ1) is 59.1. The number of nitrogens with zero attached hydrogens (tertiary/aromatic N) is 1. The van der Waals surface area contributed by atoms with Crippen LogP contribution in [0.5, 0.6) is 0 Å². The molecule has 0 aliphatic carbocycles. The van der Waals surface area contributed by atoms with E-state index in [0.717, 1.165) is 30.0 Å². The molecule has 0 bridgehead atoms. The Hall–Kier alpha value is 3.78. The number of anilines is 1. The first-order valence-electron chi connectivity index (χ1n) is 14.7. The summed E-state index contributed by atoms with van der Waals surface area (Å²) < 4.78 is 3.15. The maximum Gasteiger partial charge on any atom is 0.269 e. The molecule has 4 nitrogen and oxygen atoms in total. The predicted molar refractivity (Wildman–Crippen MR) is 267 cm³/mol. The van der Waals surface area contributed by atoms with E-state index < -0.39 is 4.92 Å². The van der Waals surface area contributed by atoms with Crippen LogP contribution in [0, 0.1) is 14.5 Å². The molecule has 2 aromatic rings. The van der Waals surface area contributed by atoms with Crippen molar-refractivity contribution in [3.05, 3.63) is 74.2 Å². The van der Waals surface area contributed by atoms with Crippen molar-refractivity contribution in [3.63, 3.8) is 0 Å². The van der Waals surface area contributed by atoms with Crippen molar-refractivity contribution in [1.82, 2.24) is 0 Å². The normalized spacial score (nSPS) is 9.61. The zero-order valence-corrected chi connectivity index (χ0v) is 45.2. The number of hydrogen-bond acceptors (Lipinski definition) is 5. The molecular weight excluding hydrogens is 1400 g/mol. The van der Waals surface area contributed by atoms with Crippen molar-refractivity contribution in [2.75, 3.05) is 17.2 Å². The number of thioether (sulfide) groups is 1. The summed E-state index contributed by atoms with van der Waals surface area (Å²) in [6, 6.07) is 14.6. The molecule has 0 spiro atoms. The number of benzene rings is 2. The first-order chi connectivity index (χ1) is 21.1. The van der Waals surface area contributed by atoms with Gasteiger partial charge in [0.05, 0.1) is 6.85 Å². The molecule has 14 heteroatoms. The van der Waals surface area contributed by atoms with E-state index in [-0.39, 0.29) is 24.2 Å². The van der Waals surface area contributed by atoms with Crippen LogP contribution in [0.1, 0.15) is 97.1 Å². The molecule has 46 heavy (non-hydrogen) atoms. The number of rotatable bonds is 13. The fourth-order valence-corrected chi connectivity index (χ4v) is 4.26. The molecule has 2 rings (SSSR count). The zero-order chi connectivity index (χ0) is 35.5. The Balaban J connectivity index is -0.000000160. The van der Waals surface area contributed by atoms with Gasteiger partial charge in [0.15, 0.2) is 0 Å². The van der Waals surface area contributed by atoms with E-state index in [2.05, 4.69) is 204 Å². The molecule has 0 atom stereocenters. The van der Waals surface area contributed by atoms with Crippen LogP contribution in [-0.4, -0.2) is 17.8 Å². The van der Waals surface area contributed by atoms with Crippen molar-refractivity contribution in [2.45, 2.75) is 98.4 Å². The first-order valence-corrected chi connectivity index (χ1v) is 24.6. The molecule has 0 unspecified atom stereocenters. The Morgan fingerprint density at radius 2 is 1.33 bits per heavy atom. The Morgan fingerprint density at radius 1 is 0.935 bits per heavy atom. The van der Waals surface area contributed by atoms with Gasteiger partial charge in [-0.1, -0.05) is 206 Å². The third-order valence-electron chi connectivity index (χ3n) is 4.70. The zero-order valence-electron chi connectivity index (χ0n) is 27.5. The third-order valence-corrected chi connectivity index (χ3v) is 6.78. The second-order valence-electron chi connectivity index (χ2n) is 9.21. The molecule has 1 radical (unpaired) electrons. The Kier molecular flexibility index (Phi) is 57.7. The van der Waals surface area contributed by atoms with Gasteiger partial charge >= 0.3 is 0 Å². The topological polar surface area (TPSA) is 69.2 Å². The van der Waals surface area contributed by atoms with E-state index in [1.165, 1.54) is 74.8 Å². The largest absolute Gasteiger partial charge is 0.399 e. The van der Waals surface area contributed by atoms with Crippen molar-refractivity contribution in [3.8, 4) is 0 Å². The molecular formula is C32H52BrI6N2O2S2V-. The Labute approximate surface area is 394 Å². The number of thiol groups is 1. The minimum Gasteiger partial charge on any atom is -0.399 e. The summed E-state index contributed by atoms with van der Waals surface area (Å²) >= 11 is 23.2. The molecule has 0 amide bonds. The summed E-state index contributed by atoms with van der Waals surface area (Å²) in [6.07, 6.45) is 10.8. The molecule has 0 saturated heterocycles. The predicted octanol–water partition coefficient (Wildman–Crippen LogP) is 15.8. The smallest absolute Gasteiger partial charge is 0.269 e. The maximum absolute atomic E-state index is 10.2. The number of nitrogens with two attached hydrogens (primary N) is 1. The van der Waals surface area contributed by atoms with Gasteiger partial charge in [-0.25, -0.2) is 0 Å². The number of alkyl halides is 6. The standard InChI is InChI=1S/C13H21NS.C7H6BrNO2.C6H14S.C2H3I3.C2H4I2.C2H4I.V/c1-2-3-4-5-10-15-11-12-6-8-13(14)9-7-12;8-5-6-1-3-7(4-2-6)9(10)11;1-2-3-4-5-6-7;1-2(3,4)5;1-2(3)4;1-2-3;/h6-9H,2-5,10-11,14H2,1H3;1-4H,5H2;7H,2-6H2,1H3;1H3;2H,1H3;2H,1H3;/q;;;;;-1;. The third kappa shape index (κ3) is 59.9. The number of non-ortho nitro benzene ring substituents is 1. The summed E-state index contributed by atoms with van der Waals surface area (Å²) in [5.74, 6) is 3.46. The molecule has 269 valence electrons. The summed E-state index contributed by atoms with van der Waals surface area (Å²) in [4.78, 5) is 9.79. The number of nitro benzene ring substituents is 1. The van der Waals surface area contributed by atoms with Crippen LogP contribution in [0.4, 0.5) is 11.4 Å². The summed E-state index contributed by atoms with van der Waals surface area (Å²) in [5, 5.41) is 10.9. The van der Waals surface area contributed by atoms with Crippen molar-refractivity contribution in [2.24, 2.45) is 0 Å². The number of unbranched alkanes of at least 4 members (excludes halogenated alkanes) is 6. The Morgan fingerprint density at radius 3 is 1.67 bits per heavy atom. The van der Waals surface area contributed by atoms with Crippen LogP contribution < -0.4 is 5.73 Å². The SMILES string of the molecule is CC(I)(I)I.CC(I)I.CCCCCCS.CCCCCCSCc1ccc(N)cc1.C[CH-]I.O=[N+]([O-])c1ccc(CBr)cc1.[V]. The van der Waals surface area contributed by atoms with E-state index in [1.54, 1.807) is 12.1 Å². The molecule has 0 aliphatic heterocycles. The van der Waals surface area contributed by atoms with Gasteiger partial charge in [0, 0.05) is 47.5 Å². The van der Waals surface area contributed by atoms with Crippen LogP contribution in [0.15, 0.2) is 48.5 Å². The van der Waals surface area contributed by atoms with E-state index in [4.69, 9.17) is 5.73 Å². The second kappa shape index (κ2) is 44.9. The van der Waals surface area contributed by atoms with Crippen LogP contribution in [0.3, 0.4) is 0 Å². The van der Waals surface area contributed by atoms with Gasteiger partial charge in [0.1, 0.15) is -0.565 Å². The fourth-order valence-electron chi connectivity index (χ4n) is 2.68. The quantitative estimate of drug-likeness (QED) is 0.0306. The van der Waals surface area contributed by atoms with Gasteiger partial charge < -0.3 is 28.3 Å². The molecule has 0 aromatic heterocycles. The van der Waals surface area contributed by atoms with Crippen LogP contribution in [0.25, 0.3) is 0 Å². The van der Waals surface area contributed by atoms with Crippen LogP contribution >= 0.6 is 176 Å². The molecule has 0 fully saturated rings. The van der Waals surface area contributed by atoms with Gasteiger partial charge in [-0.05, 0) is 61.5 Å². The number of nitro groups is 1. The molecule has 0 aliphatic rings. The van der Waals surface area contributed by atoms with Crippen molar-refractivity contribution >= 4 is 187 Å².